The van der Waals surface area contributed by atoms with Crippen LogP contribution in [0.2, 0.25) is 0 Å². The molecule has 0 bridgehead atoms. The van der Waals surface area contributed by atoms with Crippen molar-refractivity contribution in [2.45, 2.75) is 5.75 Å². The number of benzene rings is 1. The summed E-state index contributed by atoms with van der Waals surface area (Å²) >= 11 is 0. The summed E-state index contributed by atoms with van der Waals surface area (Å²) in [5.74, 6) is 0.133. The van der Waals surface area contributed by atoms with E-state index in [1.807, 2.05) is 18.2 Å². The van der Waals surface area contributed by atoms with E-state index < -0.39 is 18.1 Å². The predicted octanol–water partition coefficient (Wildman–Crippen LogP) is 1.94. The van der Waals surface area contributed by atoms with Crippen molar-refractivity contribution >= 4 is 39.5 Å². The Kier molecular flexibility index (Phi) is 6.32. The summed E-state index contributed by atoms with van der Waals surface area (Å²) in [6.45, 7) is 0. The highest BCUT2D eigenvalue weighted by Crippen LogP contribution is 2.02. The Morgan fingerprint density at radius 3 is 1.69 bits per heavy atom. The normalized spacial score (nSPS) is 11.4. The van der Waals surface area contributed by atoms with Crippen molar-refractivity contribution < 1.29 is 16.8 Å². The number of sulfone groups is 1. The second kappa shape index (κ2) is 6.44. The minimum Gasteiger partial charge on any atom is -0.229 e. The van der Waals surface area contributed by atoms with Crippen LogP contribution in [-0.2, 0) is 23.9 Å². The van der Waals surface area contributed by atoms with Crippen molar-refractivity contribution in [1.29, 1.82) is 0 Å². The zero-order valence-electron chi connectivity index (χ0n) is 8.30. The molecule has 0 aliphatic carbocycles. The molecule has 0 heterocycles. The van der Waals surface area contributed by atoms with Gasteiger partial charge in [0.05, 0.1) is 5.75 Å². The zero-order valence-corrected chi connectivity index (χ0v) is 11.4. The maximum Gasteiger partial charge on any atom is 0.317 e. The first kappa shape index (κ1) is 15.7. The van der Waals surface area contributed by atoms with E-state index in [1.54, 1.807) is 12.1 Å². The number of rotatable bonds is 2. The number of hydrogen-bond donors (Lipinski definition) is 0. The lowest BCUT2D eigenvalue weighted by Gasteiger charge is -1.96. The molecule has 0 saturated heterocycles. The predicted molar refractivity (Wildman–Crippen MR) is 65.6 cm³/mol. The van der Waals surface area contributed by atoms with Gasteiger partial charge in [0.1, 0.15) is 0 Å². The standard InChI is InChI=1S/C8H10O2S.Cl2O2S/c1-11(9,10)7-8-5-3-2-4-6-8;1-5(2,3)4/h2-6H,7H2,1H3;. The first-order valence-electron chi connectivity index (χ1n) is 3.94. The van der Waals surface area contributed by atoms with Crippen LogP contribution in [0, 0.1) is 0 Å². The molecule has 1 aromatic carbocycles. The lowest BCUT2D eigenvalue weighted by molar-refractivity contribution is 0.601. The number of hydrogen-bond acceptors (Lipinski definition) is 4. The van der Waals surface area contributed by atoms with Crippen LogP contribution < -0.4 is 0 Å². The summed E-state index contributed by atoms with van der Waals surface area (Å²) in [6, 6.07) is 9.15. The fourth-order valence-electron chi connectivity index (χ4n) is 0.877. The van der Waals surface area contributed by atoms with Crippen LogP contribution in [0.1, 0.15) is 5.56 Å². The first-order valence-corrected chi connectivity index (χ1v) is 9.13. The van der Waals surface area contributed by atoms with Gasteiger partial charge in [-0.25, -0.2) is 8.42 Å². The Bertz CT molecular complexity index is 500. The Morgan fingerprint density at radius 2 is 1.38 bits per heavy atom. The van der Waals surface area contributed by atoms with Gasteiger partial charge in [0, 0.05) is 27.6 Å². The monoisotopic (exact) mass is 304 g/mol. The van der Waals surface area contributed by atoms with Gasteiger partial charge < -0.3 is 0 Å². The minimum atomic E-state index is -3.72. The Hall–Kier alpha value is -0.300. The minimum absolute atomic E-state index is 0.133. The molecule has 0 radical (unpaired) electrons. The molecule has 0 aliphatic rings. The summed E-state index contributed by atoms with van der Waals surface area (Å²) in [4.78, 5) is 0. The summed E-state index contributed by atoms with van der Waals surface area (Å²) in [7, 11) is 1.94. The highest BCUT2D eigenvalue weighted by molar-refractivity contribution is 8.31. The lowest BCUT2D eigenvalue weighted by atomic mass is 10.2. The van der Waals surface area contributed by atoms with Crippen molar-refractivity contribution in [3.63, 3.8) is 0 Å². The van der Waals surface area contributed by atoms with Gasteiger partial charge in [0.15, 0.2) is 9.84 Å². The van der Waals surface area contributed by atoms with Crippen LogP contribution >= 0.6 is 21.4 Å². The summed E-state index contributed by atoms with van der Waals surface area (Å²) in [5, 5.41) is 0. The van der Waals surface area contributed by atoms with Crippen LogP contribution in [0.4, 0.5) is 0 Å². The van der Waals surface area contributed by atoms with E-state index in [4.69, 9.17) is 8.42 Å². The average molecular weight is 305 g/mol. The van der Waals surface area contributed by atoms with E-state index in [1.165, 1.54) is 6.26 Å². The third kappa shape index (κ3) is 13.7. The molecule has 0 spiro atoms. The molecule has 0 N–H and O–H groups in total. The molecule has 0 fully saturated rings. The van der Waals surface area contributed by atoms with E-state index in [2.05, 4.69) is 21.4 Å². The van der Waals surface area contributed by atoms with Gasteiger partial charge in [0.25, 0.3) is 0 Å². The van der Waals surface area contributed by atoms with E-state index in [0.29, 0.717) is 0 Å². The van der Waals surface area contributed by atoms with Crippen LogP contribution in [-0.4, -0.2) is 23.1 Å². The highest BCUT2D eigenvalue weighted by Gasteiger charge is 2.01. The first-order chi connectivity index (χ1) is 7.08. The molecule has 1 rings (SSSR count). The molecular weight excluding hydrogens is 295 g/mol. The van der Waals surface area contributed by atoms with Crippen LogP contribution in [0.15, 0.2) is 30.3 Å². The maximum absolute atomic E-state index is 10.8. The van der Waals surface area contributed by atoms with Gasteiger partial charge in [-0.15, -0.1) is 0 Å². The summed E-state index contributed by atoms with van der Waals surface area (Å²) in [6.07, 6.45) is 1.24. The topological polar surface area (TPSA) is 68.3 Å². The SMILES string of the molecule is CS(=O)(=O)Cc1ccccc1.O=S(=O)(Cl)Cl. The summed E-state index contributed by atoms with van der Waals surface area (Å²) in [5.41, 5.74) is 0.843. The van der Waals surface area contributed by atoms with Gasteiger partial charge >= 0.3 is 8.26 Å². The summed E-state index contributed by atoms with van der Waals surface area (Å²) < 4.78 is 39.9. The third-order valence-electron chi connectivity index (χ3n) is 1.27. The van der Waals surface area contributed by atoms with Crippen molar-refractivity contribution in [3.05, 3.63) is 35.9 Å². The van der Waals surface area contributed by atoms with Crippen molar-refractivity contribution in [2.75, 3.05) is 6.26 Å². The molecule has 0 aromatic heterocycles. The maximum atomic E-state index is 10.8. The quantitative estimate of drug-likeness (QED) is 0.783. The molecule has 0 aliphatic heterocycles. The largest absolute Gasteiger partial charge is 0.317 e. The lowest BCUT2D eigenvalue weighted by Crippen LogP contribution is -1.99. The third-order valence-corrected chi connectivity index (χ3v) is 2.13. The smallest absolute Gasteiger partial charge is 0.229 e. The Labute approximate surface area is 104 Å². The van der Waals surface area contributed by atoms with Gasteiger partial charge in [-0.2, -0.15) is 8.42 Å². The fourth-order valence-corrected chi connectivity index (χ4v) is 1.67. The second-order valence-electron chi connectivity index (χ2n) is 2.93. The van der Waals surface area contributed by atoms with Crippen LogP contribution in [0.25, 0.3) is 0 Å². The van der Waals surface area contributed by atoms with E-state index >= 15 is 0 Å². The van der Waals surface area contributed by atoms with Gasteiger partial charge in [-0.1, -0.05) is 30.3 Å². The molecule has 0 unspecified atom stereocenters. The van der Waals surface area contributed by atoms with Crippen molar-refractivity contribution in [1.82, 2.24) is 0 Å². The van der Waals surface area contributed by atoms with E-state index in [0.717, 1.165) is 5.56 Å². The molecule has 1 aromatic rings. The highest BCUT2D eigenvalue weighted by atomic mass is 36.0. The van der Waals surface area contributed by atoms with Crippen LogP contribution in [0.3, 0.4) is 0 Å². The van der Waals surface area contributed by atoms with Gasteiger partial charge in [-0.05, 0) is 5.56 Å². The molecule has 8 heteroatoms. The van der Waals surface area contributed by atoms with Crippen LogP contribution in [0.5, 0.6) is 0 Å². The van der Waals surface area contributed by atoms with E-state index in [-0.39, 0.29) is 5.75 Å². The molecule has 16 heavy (non-hydrogen) atoms. The molecular formula is C8H10Cl2O4S2. The van der Waals surface area contributed by atoms with E-state index in [9.17, 15) is 8.42 Å². The fraction of sp³-hybridized carbons (Fsp3) is 0.250. The molecule has 0 saturated carbocycles. The molecule has 4 nitrogen and oxygen atoms in total. The number of halogens is 2. The molecule has 0 amide bonds. The zero-order chi connectivity index (χ0) is 12.8. The van der Waals surface area contributed by atoms with Crippen molar-refractivity contribution in [3.8, 4) is 0 Å². The second-order valence-corrected chi connectivity index (χ2v) is 8.74. The van der Waals surface area contributed by atoms with Gasteiger partial charge in [0.2, 0.25) is 0 Å². The Balaban J connectivity index is 0.000000385. The van der Waals surface area contributed by atoms with Crippen molar-refractivity contribution in [2.24, 2.45) is 0 Å². The van der Waals surface area contributed by atoms with Gasteiger partial charge in [-0.3, -0.25) is 0 Å². The average Bonchev–Trinajstić information content (AvgIpc) is 1.99. The molecule has 92 valence electrons. The Morgan fingerprint density at radius 1 is 1.00 bits per heavy atom. The molecule has 0 atom stereocenters.